The number of nitrogens with one attached hydrogen (secondary N) is 1. The van der Waals surface area contributed by atoms with E-state index in [1.807, 2.05) is 13.0 Å². The van der Waals surface area contributed by atoms with Gasteiger partial charge >= 0.3 is 0 Å². The number of hydrogen-bond acceptors (Lipinski definition) is 2. The average Bonchev–Trinajstić information content (AvgIpc) is 2.41. The summed E-state index contributed by atoms with van der Waals surface area (Å²) in [5.74, 6) is -0.787. The molecule has 0 aromatic heterocycles. The number of rotatable bonds is 3. The number of carbonyl (C=O) groups is 1. The average molecular weight is 367 g/mol. The van der Waals surface area contributed by atoms with Crippen molar-refractivity contribution in [2.45, 2.75) is 6.92 Å². The van der Waals surface area contributed by atoms with Crippen LogP contribution in [0.3, 0.4) is 0 Å². The molecule has 0 heterocycles. The summed E-state index contributed by atoms with van der Waals surface area (Å²) in [6.45, 7) is 1.86. The lowest BCUT2D eigenvalue weighted by Crippen LogP contribution is -2.18. The highest BCUT2D eigenvalue weighted by molar-refractivity contribution is 9.10. The summed E-state index contributed by atoms with van der Waals surface area (Å²) < 4.78 is 13.4. The van der Waals surface area contributed by atoms with Crippen LogP contribution in [0.4, 0.5) is 10.1 Å². The highest BCUT2D eigenvalue weighted by atomic mass is 79.9. The Kier molecular flexibility index (Phi) is 4.69. The monoisotopic (exact) mass is 366 g/mol. The van der Waals surface area contributed by atoms with Gasteiger partial charge in [0.05, 0.1) is 10.2 Å². The summed E-state index contributed by atoms with van der Waals surface area (Å²) in [5.41, 5.74) is 8.07. The summed E-state index contributed by atoms with van der Waals surface area (Å²) in [4.78, 5) is 12.4. The van der Waals surface area contributed by atoms with Gasteiger partial charge in [-0.2, -0.15) is 0 Å². The Labute approximate surface area is 135 Å². The summed E-state index contributed by atoms with van der Waals surface area (Å²) in [7, 11) is 0. The van der Waals surface area contributed by atoms with Gasteiger partial charge in [0.15, 0.2) is 0 Å². The topological polar surface area (TPSA) is 55.1 Å². The van der Waals surface area contributed by atoms with Crippen LogP contribution in [0.5, 0.6) is 0 Å². The predicted octanol–water partition coefficient (Wildman–Crippen LogP) is 3.78. The molecule has 2 aromatic rings. The lowest BCUT2D eigenvalue weighted by Gasteiger charge is -2.12. The van der Waals surface area contributed by atoms with Crippen molar-refractivity contribution in [3.05, 3.63) is 63.4 Å². The maximum absolute atomic E-state index is 13.2. The van der Waals surface area contributed by atoms with E-state index >= 15 is 0 Å². The van der Waals surface area contributed by atoms with Crippen molar-refractivity contribution in [3.63, 3.8) is 0 Å². The van der Waals surface area contributed by atoms with Crippen molar-refractivity contribution in [2.24, 2.45) is 5.73 Å². The highest BCUT2D eigenvalue weighted by Gasteiger charge is 2.13. The lowest BCUT2D eigenvalue weighted by atomic mass is 10.1. The van der Waals surface area contributed by atoms with Crippen molar-refractivity contribution in [3.8, 4) is 0 Å². The third-order valence-corrected chi connectivity index (χ3v) is 3.76. The molecule has 0 fully saturated rings. The maximum Gasteiger partial charge on any atom is 0.255 e. The van der Waals surface area contributed by atoms with Crippen LogP contribution in [-0.2, 0) is 0 Å². The van der Waals surface area contributed by atoms with Crippen LogP contribution in [0.1, 0.15) is 21.5 Å². The molecule has 0 saturated carbocycles. The molecule has 1 amide bonds. The van der Waals surface area contributed by atoms with Gasteiger partial charge in [-0.3, -0.25) is 4.79 Å². The minimum absolute atomic E-state index is 0.212. The van der Waals surface area contributed by atoms with E-state index in [0.29, 0.717) is 16.8 Å². The number of amides is 1. The molecule has 0 radical (unpaired) electrons. The lowest BCUT2D eigenvalue weighted by molar-refractivity contribution is 0.102. The number of thiocarbonyl (C=S) groups is 1. The molecule has 2 rings (SSSR count). The standard InChI is InChI=1S/C15H12BrFN2OS/c1-8-3-2-4-12(13(8)14(18)21)19-15(20)9-5-6-11(17)10(16)7-9/h2-7H,1H3,(H2,18,21)(H,19,20). The van der Waals surface area contributed by atoms with Gasteiger partial charge in [-0.15, -0.1) is 0 Å². The van der Waals surface area contributed by atoms with Gasteiger partial charge < -0.3 is 11.1 Å². The van der Waals surface area contributed by atoms with Gasteiger partial charge in [-0.25, -0.2) is 4.39 Å². The first-order valence-corrected chi connectivity index (χ1v) is 7.26. The molecule has 3 nitrogen and oxygen atoms in total. The van der Waals surface area contributed by atoms with Crippen LogP contribution < -0.4 is 11.1 Å². The van der Waals surface area contributed by atoms with E-state index < -0.39 is 5.82 Å². The highest BCUT2D eigenvalue weighted by Crippen LogP contribution is 2.22. The number of anilines is 1. The fourth-order valence-corrected chi connectivity index (χ4v) is 2.58. The second-order valence-electron chi connectivity index (χ2n) is 4.44. The summed E-state index contributed by atoms with van der Waals surface area (Å²) in [5, 5.41) is 2.75. The Bertz CT molecular complexity index is 734. The molecule has 0 aliphatic carbocycles. The molecule has 0 aliphatic heterocycles. The summed E-state index contributed by atoms with van der Waals surface area (Å²) >= 11 is 8.07. The van der Waals surface area contributed by atoms with E-state index in [1.54, 1.807) is 12.1 Å². The molecular formula is C15H12BrFN2OS. The molecule has 0 unspecified atom stereocenters. The van der Waals surface area contributed by atoms with Gasteiger partial charge in [0, 0.05) is 11.1 Å². The summed E-state index contributed by atoms with van der Waals surface area (Å²) in [6.07, 6.45) is 0. The van der Waals surface area contributed by atoms with Crippen LogP contribution in [-0.4, -0.2) is 10.9 Å². The fraction of sp³-hybridized carbons (Fsp3) is 0.0667. The third kappa shape index (κ3) is 3.46. The van der Waals surface area contributed by atoms with Gasteiger partial charge in [0.25, 0.3) is 5.91 Å². The first-order chi connectivity index (χ1) is 9.90. The van der Waals surface area contributed by atoms with Crippen LogP contribution >= 0.6 is 28.1 Å². The molecule has 0 spiro atoms. The number of nitrogens with two attached hydrogens (primary N) is 1. The fourth-order valence-electron chi connectivity index (χ4n) is 1.93. The minimum Gasteiger partial charge on any atom is -0.389 e. The normalized spacial score (nSPS) is 10.2. The summed E-state index contributed by atoms with van der Waals surface area (Å²) in [6, 6.07) is 9.43. The van der Waals surface area contributed by atoms with E-state index in [4.69, 9.17) is 18.0 Å². The Balaban J connectivity index is 2.34. The SMILES string of the molecule is Cc1cccc(NC(=O)c2ccc(F)c(Br)c2)c1C(N)=S. The van der Waals surface area contributed by atoms with E-state index in [0.717, 1.165) is 5.56 Å². The molecule has 0 saturated heterocycles. The minimum atomic E-state index is -0.425. The van der Waals surface area contributed by atoms with Crippen molar-refractivity contribution in [2.75, 3.05) is 5.32 Å². The smallest absolute Gasteiger partial charge is 0.255 e. The Morgan fingerprint density at radius 2 is 2.05 bits per heavy atom. The zero-order chi connectivity index (χ0) is 15.6. The number of carbonyl (C=O) groups excluding carboxylic acids is 1. The number of benzene rings is 2. The Hall–Kier alpha value is -1.79. The van der Waals surface area contributed by atoms with E-state index in [9.17, 15) is 9.18 Å². The van der Waals surface area contributed by atoms with E-state index in [2.05, 4.69) is 21.2 Å². The van der Waals surface area contributed by atoms with Crippen LogP contribution in [0.15, 0.2) is 40.9 Å². The van der Waals surface area contributed by atoms with Crippen molar-refractivity contribution in [1.29, 1.82) is 0 Å². The zero-order valence-corrected chi connectivity index (χ0v) is 13.5. The first kappa shape index (κ1) is 15.6. The van der Waals surface area contributed by atoms with Crippen molar-refractivity contribution >= 4 is 44.7 Å². The Morgan fingerprint density at radius 1 is 1.33 bits per heavy atom. The Morgan fingerprint density at radius 3 is 2.67 bits per heavy atom. The zero-order valence-electron chi connectivity index (χ0n) is 11.1. The van der Waals surface area contributed by atoms with E-state index in [1.165, 1.54) is 18.2 Å². The molecule has 0 atom stereocenters. The van der Waals surface area contributed by atoms with Crippen LogP contribution in [0.2, 0.25) is 0 Å². The molecule has 108 valence electrons. The van der Waals surface area contributed by atoms with Gasteiger partial charge in [-0.1, -0.05) is 24.4 Å². The predicted molar refractivity (Wildman–Crippen MR) is 89.1 cm³/mol. The molecule has 2 aromatic carbocycles. The first-order valence-electron chi connectivity index (χ1n) is 6.06. The second-order valence-corrected chi connectivity index (χ2v) is 5.74. The number of aryl methyl sites for hydroxylation is 1. The number of hydrogen-bond donors (Lipinski definition) is 2. The van der Waals surface area contributed by atoms with Gasteiger partial charge in [-0.05, 0) is 52.7 Å². The molecule has 0 bridgehead atoms. The van der Waals surface area contributed by atoms with Gasteiger partial charge in [0.1, 0.15) is 10.8 Å². The molecule has 6 heteroatoms. The molecule has 3 N–H and O–H groups in total. The van der Waals surface area contributed by atoms with Crippen molar-refractivity contribution < 1.29 is 9.18 Å². The van der Waals surface area contributed by atoms with Crippen LogP contribution in [0, 0.1) is 12.7 Å². The van der Waals surface area contributed by atoms with Crippen LogP contribution in [0.25, 0.3) is 0 Å². The largest absolute Gasteiger partial charge is 0.389 e. The van der Waals surface area contributed by atoms with Gasteiger partial charge in [0.2, 0.25) is 0 Å². The third-order valence-electron chi connectivity index (χ3n) is 2.95. The number of halogens is 2. The second kappa shape index (κ2) is 6.32. The molecule has 21 heavy (non-hydrogen) atoms. The molecule has 0 aliphatic rings. The molecular weight excluding hydrogens is 355 g/mol. The van der Waals surface area contributed by atoms with E-state index in [-0.39, 0.29) is 15.4 Å². The van der Waals surface area contributed by atoms with Crippen molar-refractivity contribution in [1.82, 2.24) is 0 Å². The quantitative estimate of drug-likeness (QED) is 0.812. The maximum atomic E-state index is 13.2.